The third kappa shape index (κ3) is 4.20. The van der Waals surface area contributed by atoms with Gasteiger partial charge in [0, 0.05) is 5.56 Å². The molecule has 1 fully saturated rings. The van der Waals surface area contributed by atoms with Crippen molar-refractivity contribution in [3.8, 4) is 11.1 Å². The largest absolute Gasteiger partial charge is 0.345 e. The van der Waals surface area contributed by atoms with Gasteiger partial charge in [-0.05, 0) is 22.3 Å². The van der Waals surface area contributed by atoms with Crippen molar-refractivity contribution in [1.82, 2.24) is 10.4 Å². The Morgan fingerprint density at radius 3 is 1.71 bits per heavy atom. The number of rotatable bonds is 5. The molecule has 2 amide bonds. The van der Waals surface area contributed by atoms with E-state index in [1.54, 1.807) is 0 Å². The highest BCUT2D eigenvalue weighted by atomic mass is 16.8. The van der Waals surface area contributed by atoms with Gasteiger partial charge in [-0.1, -0.05) is 115 Å². The molecule has 31 heavy (non-hydrogen) atoms. The molecule has 4 aromatic rings. The van der Waals surface area contributed by atoms with Crippen LogP contribution < -0.4 is 5.32 Å². The zero-order chi connectivity index (χ0) is 21.0. The molecule has 1 aliphatic rings. The van der Waals surface area contributed by atoms with Crippen LogP contribution in [0.4, 0.5) is 4.79 Å². The van der Waals surface area contributed by atoms with Gasteiger partial charge in [0.05, 0.1) is 6.04 Å². The van der Waals surface area contributed by atoms with Crippen LogP contribution in [0.2, 0.25) is 0 Å². The van der Waals surface area contributed by atoms with Gasteiger partial charge >= 0.3 is 6.03 Å². The average Bonchev–Trinajstić information content (AvgIpc) is 3.65. The molecule has 0 aromatic heterocycles. The second-order valence-electron chi connectivity index (χ2n) is 7.48. The predicted octanol–water partition coefficient (Wildman–Crippen LogP) is 6.10. The highest BCUT2D eigenvalue weighted by Gasteiger charge is 2.43. The summed E-state index contributed by atoms with van der Waals surface area (Å²) in [5.41, 5.74) is 5.29. The SMILES string of the molecule is O=C(NC(c1ccccc1)c1ccccc1)N1OC1c1ccc(-c2ccccc2)cc1. The maximum Gasteiger partial charge on any atom is 0.345 e. The molecule has 1 aliphatic heterocycles. The summed E-state index contributed by atoms with van der Waals surface area (Å²) < 4.78 is 0. The van der Waals surface area contributed by atoms with E-state index in [0.717, 1.165) is 27.8 Å². The van der Waals surface area contributed by atoms with E-state index in [2.05, 4.69) is 29.6 Å². The second kappa shape index (κ2) is 8.46. The quantitative estimate of drug-likeness (QED) is 0.407. The Morgan fingerprint density at radius 2 is 1.16 bits per heavy atom. The fourth-order valence-corrected chi connectivity index (χ4v) is 3.74. The molecule has 1 atom stereocenters. The Bertz CT molecular complexity index is 1110. The maximum atomic E-state index is 12.9. The zero-order valence-corrected chi connectivity index (χ0v) is 16.9. The van der Waals surface area contributed by atoms with E-state index < -0.39 is 0 Å². The van der Waals surface area contributed by atoms with E-state index in [-0.39, 0.29) is 18.3 Å². The van der Waals surface area contributed by atoms with Crippen LogP contribution in [-0.4, -0.2) is 11.1 Å². The summed E-state index contributed by atoms with van der Waals surface area (Å²) in [5, 5.41) is 4.50. The molecule has 0 spiro atoms. The number of nitrogens with zero attached hydrogens (tertiary/aromatic N) is 1. The molecule has 1 heterocycles. The molecule has 0 aliphatic carbocycles. The van der Waals surface area contributed by atoms with Crippen molar-refractivity contribution in [3.05, 3.63) is 132 Å². The van der Waals surface area contributed by atoms with Gasteiger partial charge in [-0.2, -0.15) is 5.06 Å². The molecule has 1 N–H and O–H groups in total. The molecule has 5 rings (SSSR count). The van der Waals surface area contributed by atoms with E-state index in [9.17, 15) is 4.79 Å². The topological polar surface area (TPSA) is 44.6 Å². The molecule has 0 saturated carbocycles. The van der Waals surface area contributed by atoms with E-state index >= 15 is 0 Å². The Hall–Kier alpha value is -3.89. The molecule has 0 bridgehead atoms. The standard InChI is InChI=1S/C27H22N2O2/c30-27(28-25(22-12-6-2-7-13-22)23-14-8-3-9-15-23)29-26(31-29)24-18-16-21(17-19-24)20-10-4-1-5-11-20/h1-19,25-26H,(H,28,30). The molecule has 1 saturated heterocycles. The van der Waals surface area contributed by atoms with Crippen LogP contribution in [0.3, 0.4) is 0 Å². The van der Waals surface area contributed by atoms with Crippen LogP contribution >= 0.6 is 0 Å². The Kier molecular flexibility index (Phi) is 5.21. The van der Waals surface area contributed by atoms with Gasteiger partial charge in [0.15, 0.2) is 0 Å². The fraction of sp³-hybridized carbons (Fsp3) is 0.0741. The third-order valence-electron chi connectivity index (χ3n) is 5.42. The van der Waals surface area contributed by atoms with Crippen LogP contribution in [0.25, 0.3) is 11.1 Å². The van der Waals surface area contributed by atoms with Gasteiger partial charge in [0.2, 0.25) is 6.23 Å². The average molecular weight is 406 g/mol. The van der Waals surface area contributed by atoms with Crippen molar-refractivity contribution in [1.29, 1.82) is 0 Å². The first-order valence-electron chi connectivity index (χ1n) is 10.3. The smallest absolute Gasteiger partial charge is 0.325 e. The van der Waals surface area contributed by atoms with Crippen LogP contribution in [-0.2, 0) is 4.84 Å². The first kappa shape index (κ1) is 19.1. The number of carbonyl (C=O) groups excluding carboxylic acids is 1. The summed E-state index contributed by atoms with van der Waals surface area (Å²) >= 11 is 0. The van der Waals surface area contributed by atoms with E-state index in [0.29, 0.717) is 0 Å². The lowest BCUT2D eigenvalue weighted by molar-refractivity contribution is 0.175. The van der Waals surface area contributed by atoms with Crippen LogP contribution in [0.5, 0.6) is 0 Å². The number of carbonyl (C=O) groups is 1. The minimum Gasteiger partial charge on any atom is -0.325 e. The summed E-state index contributed by atoms with van der Waals surface area (Å²) in [6, 6.07) is 37.7. The summed E-state index contributed by atoms with van der Waals surface area (Å²) in [5.74, 6) is 0. The molecular weight excluding hydrogens is 384 g/mol. The monoisotopic (exact) mass is 406 g/mol. The molecule has 0 radical (unpaired) electrons. The lowest BCUT2D eigenvalue weighted by Gasteiger charge is -2.19. The van der Waals surface area contributed by atoms with Crippen LogP contribution in [0.1, 0.15) is 29.0 Å². The number of benzene rings is 4. The first-order chi connectivity index (χ1) is 15.3. The zero-order valence-electron chi connectivity index (χ0n) is 16.9. The summed E-state index contributed by atoms with van der Waals surface area (Å²) in [4.78, 5) is 18.5. The van der Waals surface area contributed by atoms with Crippen molar-refractivity contribution in [2.75, 3.05) is 0 Å². The second-order valence-corrected chi connectivity index (χ2v) is 7.48. The number of nitrogens with one attached hydrogen (secondary N) is 1. The summed E-state index contributed by atoms with van der Waals surface area (Å²) in [7, 11) is 0. The minimum atomic E-state index is -0.364. The molecule has 152 valence electrons. The van der Waals surface area contributed by atoms with Crippen molar-refractivity contribution >= 4 is 6.03 Å². The van der Waals surface area contributed by atoms with E-state index in [4.69, 9.17) is 4.84 Å². The van der Waals surface area contributed by atoms with Gasteiger partial charge < -0.3 is 5.32 Å². The molecule has 4 nitrogen and oxygen atoms in total. The predicted molar refractivity (Wildman–Crippen MR) is 121 cm³/mol. The van der Waals surface area contributed by atoms with E-state index in [1.807, 2.05) is 91.0 Å². The highest BCUT2D eigenvalue weighted by molar-refractivity contribution is 5.76. The maximum absolute atomic E-state index is 12.9. The first-order valence-corrected chi connectivity index (χ1v) is 10.3. The minimum absolute atomic E-state index is 0.250. The molecule has 4 aromatic carbocycles. The Labute approximate surface area is 181 Å². The normalized spacial score (nSPS) is 15.0. The van der Waals surface area contributed by atoms with Gasteiger partial charge in [0.1, 0.15) is 0 Å². The number of amides is 2. The van der Waals surface area contributed by atoms with Crippen molar-refractivity contribution in [2.24, 2.45) is 0 Å². The van der Waals surface area contributed by atoms with E-state index in [1.165, 1.54) is 5.06 Å². The van der Waals surface area contributed by atoms with Crippen LogP contribution in [0.15, 0.2) is 115 Å². The van der Waals surface area contributed by atoms with Gasteiger partial charge in [0.25, 0.3) is 0 Å². The highest BCUT2D eigenvalue weighted by Crippen LogP contribution is 2.38. The number of hydroxylamine groups is 2. The number of hydrogen-bond donors (Lipinski definition) is 1. The number of hydrogen-bond acceptors (Lipinski definition) is 2. The van der Waals surface area contributed by atoms with Crippen LogP contribution in [0, 0.1) is 0 Å². The van der Waals surface area contributed by atoms with Gasteiger partial charge in [-0.3, -0.25) is 0 Å². The Morgan fingerprint density at radius 1 is 0.677 bits per heavy atom. The number of urea groups is 1. The summed E-state index contributed by atoms with van der Waals surface area (Å²) in [6.07, 6.45) is -0.364. The lowest BCUT2D eigenvalue weighted by atomic mass is 9.99. The van der Waals surface area contributed by atoms with Crippen molar-refractivity contribution in [2.45, 2.75) is 12.3 Å². The van der Waals surface area contributed by atoms with Crippen molar-refractivity contribution < 1.29 is 9.63 Å². The molecule has 1 unspecified atom stereocenters. The van der Waals surface area contributed by atoms with Gasteiger partial charge in [-0.15, -0.1) is 0 Å². The molecule has 4 heteroatoms. The summed E-state index contributed by atoms with van der Waals surface area (Å²) in [6.45, 7) is 0. The third-order valence-corrected chi connectivity index (χ3v) is 5.42. The Balaban J connectivity index is 1.30. The fourth-order valence-electron chi connectivity index (χ4n) is 3.74. The van der Waals surface area contributed by atoms with Gasteiger partial charge in [-0.25, -0.2) is 9.63 Å². The molecular formula is C27H22N2O2. The lowest BCUT2D eigenvalue weighted by Crippen LogP contribution is -2.33. The van der Waals surface area contributed by atoms with Crippen molar-refractivity contribution in [3.63, 3.8) is 0 Å².